The van der Waals surface area contributed by atoms with Crippen molar-refractivity contribution in [2.45, 2.75) is 71.8 Å². The molecule has 0 aliphatic heterocycles. The highest BCUT2D eigenvalue weighted by molar-refractivity contribution is 5.69. The quantitative estimate of drug-likeness (QED) is 0.435. The van der Waals surface area contributed by atoms with Crippen LogP contribution in [0.1, 0.15) is 69.4 Å². The van der Waals surface area contributed by atoms with Gasteiger partial charge in [-0.2, -0.15) is 0 Å². The molecule has 1 rings (SSSR count). The van der Waals surface area contributed by atoms with Gasteiger partial charge in [-0.3, -0.25) is 4.79 Å². The summed E-state index contributed by atoms with van der Waals surface area (Å²) in [5, 5.41) is 0. The molecule has 0 atom stereocenters. The lowest BCUT2D eigenvalue weighted by atomic mass is 10.1. The monoisotopic (exact) mass is 276 g/mol. The number of benzene rings is 1. The number of aryl methyl sites for hydroxylation is 1. The number of esters is 1. The minimum Gasteiger partial charge on any atom is -0.461 e. The van der Waals surface area contributed by atoms with E-state index in [9.17, 15) is 4.79 Å². The highest BCUT2D eigenvalue weighted by atomic mass is 16.5. The Morgan fingerprint density at radius 3 is 2.45 bits per heavy atom. The summed E-state index contributed by atoms with van der Waals surface area (Å²) < 4.78 is 5.29. The van der Waals surface area contributed by atoms with Crippen LogP contribution in [0.15, 0.2) is 24.3 Å². The van der Waals surface area contributed by atoms with Crippen molar-refractivity contribution in [3.63, 3.8) is 0 Å². The van der Waals surface area contributed by atoms with E-state index in [4.69, 9.17) is 4.74 Å². The lowest BCUT2D eigenvalue weighted by Crippen LogP contribution is -2.04. The van der Waals surface area contributed by atoms with Crippen LogP contribution in [0.2, 0.25) is 0 Å². The molecule has 0 unspecified atom stereocenters. The van der Waals surface area contributed by atoms with E-state index in [0.717, 1.165) is 18.4 Å². The Morgan fingerprint density at radius 2 is 1.75 bits per heavy atom. The molecular weight excluding hydrogens is 248 g/mol. The number of unbranched alkanes of at least 4 members (excludes halogenated alkanes) is 6. The Balaban J connectivity index is 2.03. The number of carbonyl (C=O) groups is 1. The molecule has 0 saturated carbocycles. The molecule has 1 aromatic carbocycles. The average Bonchev–Trinajstić information content (AvgIpc) is 2.44. The summed E-state index contributed by atoms with van der Waals surface area (Å²) in [5.41, 5.74) is 2.27. The molecule has 112 valence electrons. The van der Waals surface area contributed by atoms with E-state index in [-0.39, 0.29) is 5.97 Å². The maximum absolute atomic E-state index is 11.6. The third-order valence-electron chi connectivity index (χ3n) is 3.47. The zero-order valence-electron chi connectivity index (χ0n) is 13.0. The Hall–Kier alpha value is -1.31. The predicted molar refractivity (Wildman–Crippen MR) is 83.6 cm³/mol. The van der Waals surface area contributed by atoms with Gasteiger partial charge in [-0.1, -0.05) is 75.3 Å². The lowest BCUT2D eigenvalue weighted by Gasteiger charge is -2.06. The van der Waals surface area contributed by atoms with Crippen molar-refractivity contribution in [2.24, 2.45) is 0 Å². The fraction of sp³-hybridized carbons (Fsp3) is 0.611. The van der Waals surface area contributed by atoms with E-state index in [1.807, 2.05) is 25.1 Å². The second kappa shape index (κ2) is 10.5. The molecule has 0 saturated heterocycles. The number of ether oxygens (including phenoxy) is 1. The van der Waals surface area contributed by atoms with E-state index < -0.39 is 0 Å². The fourth-order valence-corrected chi connectivity index (χ4v) is 2.26. The van der Waals surface area contributed by atoms with Gasteiger partial charge in [0.1, 0.15) is 6.61 Å². The predicted octanol–water partition coefficient (Wildman–Crippen LogP) is 5.18. The molecular formula is C18H28O2. The molecule has 0 heterocycles. The molecule has 0 aromatic heterocycles. The minimum atomic E-state index is -0.0694. The van der Waals surface area contributed by atoms with Gasteiger partial charge in [0.2, 0.25) is 0 Å². The molecule has 0 amide bonds. The van der Waals surface area contributed by atoms with Gasteiger partial charge in [-0.25, -0.2) is 0 Å². The molecule has 0 aliphatic rings. The van der Waals surface area contributed by atoms with Crippen LogP contribution >= 0.6 is 0 Å². The van der Waals surface area contributed by atoms with Gasteiger partial charge in [0.15, 0.2) is 0 Å². The van der Waals surface area contributed by atoms with Crippen molar-refractivity contribution < 1.29 is 9.53 Å². The first-order chi connectivity index (χ1) is 9.72. The van der Waals surface area contributed by atoms with Crippen molar-refractivity contribution in [2.75, 3.05) is 0 Å². The Kier molecular flexibility index (Phi) is 8.77. The highest BCUT2D eigenvalue weighted by Gasteiger charge is 2.03. The Bertz CT molecular complexity index is 385. The summed E-state index contributed by atoms with van der Waals surface area (Å²) in [7, 11) is 0. The van der Waals surface area contributed by atoms with E-state index >= 15 is 0 Å². The van der Waals surface area contributed by atoms with Crippen molar-refractivity contribution in [3.8, 4) is 0 Å². The lowest BCUT2D eigenvalue weighted by molar-refractivity contribution is -0.145. The van der Waals surface area contributed by atoms with Crippen LogP contribution in [-0.2, 0) is 16.1 Å². The summed E-state index contributed by atoms with van der Waals surface area (Å²) in [6, 6.07) is 8.09. The van der Waals surface area contributed by atoms with Crippen LogP contribution in [0.5, 0.6) is 0 Å². The molecule has 2 heteroatoms. The number of carbonyl (C=O) groups excluding carboxylic acids is 1. The van der Waals surface area contributed by atoms with Gasteiger partial charge in [0.25, 0.3) is 0 Å². The summed E-state index contributed by atoms with van der Waals surface area (Å²) in [5.74, 6) is -0.0694. The summed E-state index contributed by atoms with van der Waals surface area (Å²) >= 11 is 0. The zero-order valence-corrected chi connectivity index (χ0v) is 13.0. The van der Waals surface area contributed by atoms with Crippen LogP contribution in [0.4, 0.5) is 0 Å². The van der Waals surface area contributed by atoms with Gasteiger partial charge >= 0.3 is 5.97 Å². The van der Waals surface area contributed by atoms with Gasteiger partial charge in [0.05, 0.1) is 0 Å². The highest BCUT2D eigenvalue weighted by Crippen LogP contribution is 2.10. The first-order valence-electron chi connectivity index (χ1n) is 7.93. The van der Waals surface area contributed by atoms with Gasteiger partial charge < -0.3 is 4.74 Å². The smallest absolute Gasteiger partial charge is 0.306 e. The molecule has 0 spiro atoms. The Labute approximate surface area is 123 Å². The largest absolute Gasteiger partial charge is 0.461 e. The van der Waals surface area contributed by atoms with Crippen molar-refractivity contribution >= 4 is 5.97 Å². The summed E-state index contributed by atoms with van der Waals surface area (Å²) in [6.07, 6.45) is 9.14. The molecule has 20 heavy (non-hydrogen) atoms. The number of hydrogen-bond donors (Lipinski definition) is 0. The first-order valence-corrected chi connectivity index (χ1v) is 7.93. The second-order valence-electron chi connectivity index (χ2n) is 5.52. The standard InChI is InChI=1S/C18H28O2/c1-3-4-5-6-7-8-9-13-18(19)20-15-17-12-10-11-16(2)14-17/h10-12,14H,3-9,13,15H2,1-2H3. The molecule has 0 fully saturated rings. The molecule has 1 aromatic rings. The van der Waals surface area contributed by atoms with Crippen molar-refractivity contribution in [1.82, 2.24) is 0 Å². The van der Waals surface area contributed by atoms with Crippen LogP contribution < -0.4 is 0 Å². The van der Waals surface area contributed by atoms with Crippen LogP contribution in [-0.4, -0.2) is 5.97 Å². The maximum Gasteiger partial charge on any atom is 0.306 e. The maximum atomic E-state index is 11.6. The first kappa shape index (κ1) is 16.7. The van der Waals surface area contributed by atoms with Crippen molar-refractivity contribution in [1.29, 1.82) is 0 Å². The van der Waals surface area contributed by atoms with Gasteiger partial charge in [-0.15, -0.1) is 0 Å². The molecule has 0 radical (unpaired) electrons. The minimum absolute atomic E-state index is 0.0694. The summed E-state index contributed by atoms with van der Waals surface area (Å²) in [4.78, 5) is 11.6. The third kappa shape index (κ3) is 7.98. The van der Waals surface area contributed by atoms with Crippen LogP contribution in [0.25, 0.3) is 0 Å². The molecule has 2 nitrogen and oxygen atoms in total. The summed E-state index contributed by atoms with van der Waals surface area (Å²) in [6.45, 7) is 4.67. The Morgan fingerprint density at radius 1 is 1.05 bits per heavy atom. The van der Waals surface area contributed by atoms with Crippen LogP contribution in [0, 0.1) is 6.92 Å². The molecule has 0 aliphatic carbocycles. The second-order valence-corrected chi connectivity index (χ2v) is 5.52. The van der Waals surface area contributed by atoms with Crippen molar-refractivity contribution in [3.05, 3.63) is 35.4 Å². The normalized spacial score (nSPS) is 10.5. The number of hydrogen-bond acceptors (Lipinski definition) is 2. The van der Waals surface area contributed by atoms with Crippen LogP contribution in [0.3, 0.4) is 0 Å². The molecule has 0 bridgehead atoms. The fourth-order valence-electron chi connectivity index (χ4n) is 2.26. The van der Waals surface area contributed by atoms with Gasteiger partial charge in [0, 0.05) is 6.42 Å². The number of rotatable bonds is 10. The topological polar surface area (TPSA) is 26.3 Å². The van der Waals surface area contributed by atoms with E-state index in [1.165, 1.54) is 37.7 Å². The molecule has 0 N–H and O–H groups in total. The van der Waals surface area contributed by atoms with E-state index in [2.05, 4.69) is 13.0 Å². The van der Waals surface area contributed by atoms with E-state index in [0.29, 0.717) is 13.0 Å². The third-order valence-corrected chi connectivity index (χ3v) is 3.47. The SMILES string of the molecule is CCCCCCCCCC(=O)OCc1cccc(C)c1. The zero-order chi connectivity index (χ0) is 14.6. The average molecular weight is 276 g/mol. The van der Waals surface area contributed by atoms with Gasteiger partial charge in [-0.05, 0) is 18.9 Å². The van der Waals surface area contributed by atoms with E-state index in [1.54, 1.807) is 0 Å².